The number of H-pyrrole nitrogens is 1. The molecule has 142 valence electrons. The van der Waals surface area contributed by atoms with Crippen molar-refractivity contribution in [2.45, 2.75) is 32.6 Å². The number of nitrogens with one attached hydrogen (secondary N) is 1. The van der Waals surface area contributed by atoms with Gasteiger partial charge in [0.15, 0.2) is 5.17 Å². The number of thiophene rings is 1. The Balaban J connectivity index is 2.23. The van der Waals surface area contributed by atoms with E-state index in [1.807, 2.05) is 6.92 Å². The zero-order valence-electron chi connectivity index (χ0n) is 15.1. The van der Waals surface area contributed by atoms with Gasteiger partial charge in [-0.2, -0.15) is 0 Å². The second kappa shape index (κ2) is 9.15. The number of thioether (sulfide) groups is 1. The van der Waals surface area contributed by atoms with Gasteiger partial charge in [-0.1, -0.05) is 11.8 Å². The zero-order chi connectivity index (χ0) is 19.3. The zero-order valence-corrected chi connectivity index (χ0v) is 16.8. The Bertz CT molecular complexity index is 875. The van der Waals surface area contributed by atoms with Gasteiger partial charge < -0.3 is 20.2 Å². The molecule has 0 saturated carbocycles. The van der Waals surface area contributed by atoms with Crippen molar-refractivity contribution >= 4 is 44.5 Å². The summed E-state index contributed by atoms with van der Waals surface area (Å²) in [6, 6.07) is -0.0472. The molecule has 26 heavy (non-hydrogen) atoms. The minimum absolute atomic E-state index is 0.0472. The predicted octanol–water partition coefficient (Wildman–Crippen LogP) is 2.05. The molecule has 0 aromatic carbocycles. The van der Waals surface area contributed by atoms with Gasteiger partial charge in [0.05, 0.1) is 30.4 Å². The molecule has 0 aliphatic carbocycles. The molecular weight excluding hydrogens is 376 g/mol. The normalized spacial score (nSPS) is 13.2. The molecule has 0 aliphatic heterocycles. The minimum Gasteiger partial charge on any atom is -0.462 e. The standard InChI is InChI=1S/C16H22N4O4S2/c1-5-24-15(22)12-9(3)11-13(21)19-10(20-14(11)26-12)7-25-16(17)18-8(2)6-23-4/h8H,5-7H2,1-4H3,(H2,17,18)(H,19,20,21)/t8-/m1/s1. The number of esters is 1. The van der Waals surface area contributed by atoms with Crippen molar-refractivity contribution in [3.05, 3.63) is 26.6 Å². The molecule has 0 spiro atoms. The van der Waals surface area contributed by atoms with Crippen LogP contribution < -0.4 is 11.3 Å². The molecule has 10 heteroatoms. The molecule has 1 atom stereocenters. The lowest BCUT2D eigenvalue weighted by atomic mass is 10.2. The average Bonchev–Trinajstić information content (AvgIpc) is 2.90. The SMILES string of the molecule is CCOC(=O)c1sc2nc(CSC(N)=N[C@H](C)COC)[nH]c(=O)c2c1C. The van der Waals surface area contributed by atoms with Crippen molar-refractivity contribution in [2.75, 3.05) is 20.3 Å². The first-order valence-corrected chi connectivity index (χ1v) is 9.82. The maximum atomic E-state index is 12.4. The van der Waals surface area contributed by atoms with Gasteiger partial charge >= 0.3 is 5.97 Å². The van der Waals surface area contributed by atoms with Crippen molar-refractivity contribution in [3.8, 4) is 0 Å². The molecule has 0 amide bonds. The van der Waals surface area contributed by atoms with E-state index in [2.05, 4.69) is 15.0 Å². The Morgan fingerprint density at radius 3 is 2.88 bits per heavy atom. The maximum Gasteiger partial charge on any atom is 0.348 e. The van der Waals surface area contributed by atoms with Gasteiger partial charge in [-0.05, 0) is 26.3 Å². The Morgan fingerprint density at radius 1 is 1.50 bits per heavy atom. The van der Waals surface area contributed by atoms with E-state index in [1.165, 1.54) is 11.8 Å². The summed E-state index contributed by atoms with van der Waals surface area (Å²) in [7, 11) is 1.60. The van der Waals surface area contributed by atoms with Gasteiger partial charge in [0.2, 0.25) is 0 Å². The second-order valence-electron chi connectivity index (χ2n) is 5.53. The Hall–Kier alpha value is -1.91. The fraction of sp³-hybridized carbons (Fsp3) is 0.500. The van der Waals surface area contributed by atoms with Crippen LogP contribution in [0.3, 0.4) is 0 Å². The highest BCUT2D eigenvalue weighted by atomic mass is 32.2. The molecule has 2 aromatic rings. The van der Waals surface area contributed by atoms with Gasteiger partial charge in [0.25, 0.3) is 5.56 Å². The van der Waals surface area contributed by atoms with Crippen molar-refractivity contribution in [2.24, 2.45) is 10.7 Å². The fourth-order valence-corrected chi connectivity index (χ4v) is 4.09. The average molecular weight is 399 g/mol. The van der Waals surface area contributed by atoms with Crippen LogP contribution in [0.25, 0.3) is 10.2 Å². The number of rotatable bonds is 7. The van der Waals surface area contributed by atoms with E-state index >= 15 is 0 Å². The van der Waals surface area contributed by atoms with Crippen molar-refractivity contribution < 1.29 is 14.3 Å². The second-order valence-corrected chi connectivity index (χ2v) is 7.52. The lowest BCUT2D eigenvalue weighted by Crippen LogP contribution is -2.16. The van der Waals surface area contributed by atoms with Crippen LogP contribution in [-0.4, -0.2) is 47.5 Å². The van der Waals surface area contributed by atoms with Gasteiger partial charge in [0, 0.05) is 7.11 Å². The van der Waals surface area contributed by atoms with E-state index in [0.717, 1.165) is 11.3 Å². The highest BCUT2D eigenvalue weighted by Gasteiger charge is 2.20. The number of aromatic nitrogens is 2. The van der Waals surface area contributed by atoms with E-state index in [-0.39, 0.29) is 18.2 Å². The third-order valence-electron chi connectivity index (χ3n) is 3.42. The Kier molecular flexibility index (Phi) is 7.18. The quantitative estimate of drug-likeness (QED) is 0.416. The van der Waals surface area contributed by atoms with E-state index in [4.69, 9.17) is 15.2 Å². The molecule has 2 aromatic heterocycles. The number of aromatic amines is 1. The van der Waals surface area contributed by atoms with Crippen LogP contribution in [0.15, 0.2) is 9.79 Å². The first-order valence-electron chi connectivity index (χ1n) is 8.01. The van der Waals surface area contributed by atoms with Crippen LogP contribution in [0.2, 0.25) is 0 Å². The van der Waals surface area contributed by atoms with E-state index in [9.17, 15) is 9.59 Å². The van der Waals surface area contributed by atoms with Crippen molar-refractivity contribution in [1.82, 2.24) is 9.97 Å². The number of carbonyl (C=O) groups excluding carboxylic acids is 1. The number of hydrogen-bond donors (Lipinski definition) is 2. The highest BCUT2D eigenvalue weighted by molar-refractivity contribution is 8.13. The van der Waals surface area contributed by atoms with E-state index in [1.54, 1.807) is 21.0 Å². The molecule has 0 unspecified atom stereocenters. The summed E-state index contributed by atoms with van der Waals surface area (Å²) in [4.78, 5) is 36.8. The lowest BCUT2D eigenvalue weighted by Gasteiger charge is -2.06. The molecule has 0 radical (unpaired) electrons. The fourth-order valence-electron chi connectivity index (χ4n) is 2.32. The smallest absolute Gasteiger partial charge is 0.348 e. The number of aliphatic imine (C=N–C) groups is 1. The van der Waals surface area contributed by atoms with Crippen LogP contribution in [-0.2, 0) is 15.2 Å². The molecule has 0 saturated heterocycles. The number of hydrogen-bond acceptors (Lipinski definition) is 8. The highest BCUT2D eigenvalue weighted by Crippen LogP contribution is 2.28. The number of methoxy groups -OCH3 is 1. The first-order chi connectivity index (χ1) is 12.4. The van der Waals surface area contributed by atoms with Gasteiger partial charge in [-0.3, -0.25) is 9.79 Å². The third kappa shape index (κ3) is 4.83. The summed E-state index contributed by atoms with van der Waals surface area (Å²) < 4.78 is 10.0. The minimum atomic E-state index is -0.438. The molecule has 3 N–H and O–H groups in total. The van der Waals surface area contributed by atoms with Gasteiger partial charge in [0.1, 0.15) is 15.5 Å². The Labute approximate surface area is 159 Å². The van der Waals surface area contributed by atoms with E-state index < -0.39 is 5.97 Å². The van der Waals surface area contributed by atoms with Gasteiger partial charge in [-0.15, -0.1) is 11.3 Å². The maximum absolute atomic E-state index is 12.4. The largest absolute Gasteiger partial charge is 0.462 e. The summed E-state index contributed by atoms with van der Waals surface area (Å²) in [6.45, 7) is 6.11. The first kappa shape index (κ1) is 20.4. The molecular formula is C16H22N4O4S2. The summed E-state index contributed by atoms with van der Waals surface area (Å²) >= 11 is 2.44. The Morgan fingerprint density at radius 2 is 2.23 bits per heavy atom. The molecule has 2 heterocycles. The molecule has 0 bridgehead atoms. The topological polar surface area (TPSA) is 120 Å². The number of ether oxygens (including phenoxy) is 2. The van der Waals surface area contributed by atoms with Gasteiger partial charge in [-0.25, -0.2) is 9.78 Å². The number of nitrogens with two attached hydrogens (primary N) is 1. The predicted molar refractivity (Wildman–Crippen MR) is 105 cm³/mol. The number of amidine groups is 1. The monoisotopic (exact) mass is 398 g/mol. The lowest BCUT2D eigenvalue weighted by molar-refractivity contribution is 0.0531. The van der Waals surface area contributed by atoms with Crippen LogP contribution in [0.4, 0.5) is 0 Å². The third-order valence-corrected chi connectivity index (χ3v) is 5.41. The van der Waals surface area contributed by atoms with Crippen LogP contribution >= 0.6 is 23.1 Å². The summed E-state index contributed by atoms with van der Waals surface area (Å²) in [6.07, 6.45) is 0. The van der Waals surface area contributed by atoms with Crippen LogP contribution in [0.1, 0.15) is 34.9 Å². The van der Waals surface area contributed by atoms with Crippen molar-refractivity contribution in [1.29, 1.82) is 0 Å². The van der Waals surface area contributed by atoms with Crippen LogP contribution in [0, 0.1) is 6.92 Å². The summed E-state index contributed by atoms with van der Waals surface area (Å²) in [5.74, 6) is 0.403. The molecule has 8 nitrogen and oxygen atoms in total. The summed E-state index contributed by atoms with van der Waals surface area (Å²) in [5, 5.41) is 0.814. The molecule has 0 aliphatic rings. The van der Waals surface area contributed by atoms with Crippen molar-refractivity contribution in [3.63, 3.8) is 0 Å². The van der Waals surface area contributed by atoms with E-state index in [0.29, 0.717) is 44.0 Å². The molecule has 0 fully saturated rings. The number of aryl methyl sites for hydroxylation is 1. The number of nitrogens with zero attached hydrogens (tertiary/aromatic N) is 2. The van der Waals surface area contributed by atoms with Crippen LogP contribution in [0.5, 0.6) is 0 Å². The molecule has 2 rings (SSSR count). The number of fused-ring (bicyclic) bond motifs is 1. The number of carbonyl (C=O) groups is 1. The summed E-state index contributed by atoms with van der Waals surface area (Å²) in [5.41, 5.74) is 6.19.